The molecule has 0 fully saturated rings. The predicted molar refractivity (Wildman–Crippen MR) is 67.5 cm³/mol. The molecule has 1 aromatic rings. The predicted octanol–water partition coefficient (Wildman–Crippen LogP) is 3.40. The van der Waals surface area contributed by atoms with Crippen LogP contribution in [0.5, 0.6) is 0 Å². The third-order valence-corrected chi connectivity index (χ3v) is 5.10. The summed E-state index contributed by atoms with van der Waals surface area (Å²) in [6.45, 7) is 1.77. The van der Waals surface area contributed by atoms with E-state index < -0.39 is 10.0 Å². The van der Waals surface area contributed by atoms with Crippen molar-refractivity contribution in [3.8, 4) is 0 Å². The van der Waals surface area contributed by atoms with Crippen molar-refractivity contribution in [1.29, 1.82) is 0 Å². The Kier molecular flexibility index (Phi) is 4.29. The fraction of sp³-hybridized carbons (Fsp3) is 0.250. The van der Waals surface area contributed by atoms with Crippen LogP contribution in [0, 0.1) is 6.92 Å². The minimum absolute atomic E-state index is 0.208. The molecule has 0 aliphatic heterocycles. The minimum Gasteiger partial charge on any atom is -0.280 e. The number of benzene rings is 1. The van der Waals surface area contributed by atoms with Gasteiger partial charge in [0.1, 0.15) is 4.66 Å². The number of nitrogens with one attached hydrogen (secondary N) is 1. The molecule has 84 valence electrons. The number of aryl methyl sites for hydroxylation is 1. The molecule has 1 N–H and O–H groups in total. The Morgan fingerprint density at radius 3 is 2.53 bits per heavy atom. The van der Waals surface area contributed by atoms with E-state index in [1.54, 1.807) is 19.1 Å². The number of sulfonamides is 1. The number of hydrogen-bond acceptors (Lipinski definition) is 2. The van der Waals surface area contributed by atoms with Crippen LogP contribution in [0.3, 0.4) is 0 Å². The molecule has 0 bridgehead atoms. The maximum Gasteiger partial charge on any atom is 0.242 e. The van der Waals surface area contributed by atoms with Crippen LogP contribution in [0.4, 0.5) is 5.69 Å². The van der Waals surface area contributed by atoms with E-state index in [4.69, 9.17) is 23.2 Å². The monoisotopic (exact) mass is 331 g/mol. The van der Waals surface area contributed by atoms with E-state index in [9.17, 15) is 8.42 Å². The van der Waals surface area contributed by atoms with Crippen molar-refractivity contribution in [2.45, 2.75) is 6.92 Å². The van der Waals surface area contributed by atoms with Crippen molar-refractivity contribution in [3.63, 3.8) is 0 Å². The minimum atomic E-state index is -3.44. The van der Waals surface area contributed by atoms with Crippen LogP contribution in [0.15, 0.2) is 12.1 Å². The maximum atomic E-state index is 11.3. The average Bonchev–Trinajstić information content (AvgIpc) is 2.19. The van der Waals surface area contributed by atoms with Crippen molar-refractivity contribution in [1.82, 2.24) is 0 Å². The van der Waals surface area contributed by atoms with Crippen LogP contribution < -0.4 is 4.72 Å². The molecule has 0 aromatic heterocycles. The topological polar surface area (TPSA) is 46.2 Å². The molecule has 0 aliphatic rings. The normalized spacial score (nSPS) is 11.5. The molecule has 3 nitrogen and oxygen atoms in total. The van der Waals surface area contributed by atoms with E-state index in [1.165, 1.54) is 0 Å². The van der Waals surface area contributed by atoms with E-state index in [0.717, 1.165) is 5.56 Å². The zero-order valence-corrected chi connectivity index (χ0v) is 11.6. The molecule has 1 aromatic carbocycles. The fourth-order valence-corrected chi connectivity index (χ4v) is 2.43. The van der Waals surface area contributed by atoms with Crippen LogP contribution >= 0.6 is 39.1 Å². The van der Waals surface area contributed by atoms with Crippen LogP contribution in [0.25, 0.3) is 0 Å². The Morgan fingerprint density at radius 2 is 2.00 bits per heavy atom. The lowest BCUT2D eigenvalue weighted by molar-refractivity contribution is 0.606. The molecule has 15 heavy (non-hydrogen) atoms. The third kappa shape index (κ3) is 3.24. The first-order chi connectivity index (χ1) is 6.87. The summed E-state index contributed by atoms with van der Waals surface area (Å²) in [5.74, 6) is 0. The summed E-state index contributed by atoms with van der Waals surface area (Å²) < 4.78 is 24.7. The van der Waals surface area contributed by atoms with E-state index >= 15 is 0 Å². The largest absolute Gasteiger partial charge is 0.280 e. The summed E-state index contributed by atoms with van der Waals surface area (Å²) in [7, 11) is -3.44. The first kappa shape index (κ1) is 13.1. The van der Waals surface area contributed by atoms with Crippen LogP contribution in [0.1, 0.15) is 5.56 Å². The van der Waals surface area contributed by atoms with Gasteiger partial charge in [0, 0.05) is 0 Å². The molecule has 0 saturated heterocycles. The van der Waals surface area contributed by atoms with Crippen molar-refractivity contribution >= 4 is 54.8 Å². The molecule has 0 heterocycles. The van der Waals surface area contributed by atoms with Gasteiger partial charge in [-0.1, -0.05) is 45.2 Å². The van der Waals surface area contributed by atoms with Gasteiger partial charge in [-0.25, -0.2) is 8.42 Å². The molecule has 0 unspecified atom stereocenters. The summed E-state index contributed by atoms with van der Waals surface area (Å²) >= 11 is 14.6. The van der Waals surface area contributed by atoms with Gasteiger partial charge in [0.25, 0.3) is 0 Å². The molecule has 1 rings (SSSR count). The second-order valence-electron chi connectivity index (χ2n) is 2.88. The molecule has 7 heteroatoms. The molecular formula is C8H8BrCl2NO2S. The Labute approximate surface area is 107 Å². The van der Waals surface area contributed by atoms with E-state index in [1.807, 2.05) is 0 Å². The standard InChI is InChI=1S/C8H8BrCl2NO2S/c1-5-2-3-6(10)8(7(5)11)12-15(13,14)4-9/h2-3,12H,4H2,1H3. The number of alkyl halides is 1. The van der Waals surface area contributed by atoms with Gasteiger partial charge in [0.2, 0.25) is 10.0 Å². The van der Waals surface area contributed by atoms with Gasteiger partial charge < -0.3 is 0 Å². The quantitative estimate of drug-likeness (QED) is 0.862. The molecule has 0 atom stereocenters. The van der Waals surface area contributed by atoms with Crippen LogP contribution in [-0.2, 0) is 10.0 Å². The molecule has 0 radical (unpaired) electrons. The number of halogens is 3. The molecule has 0 amide bonds. The van der Waals surface area contributed by atoms with Crippen molar-refractivity contribution in [2.75, 3.05) is 9.38 Å². The summed E-state index contributed by atoms with van der Waals surface area (Å²) in [6.07, 6.45) is 0. The van der Waals surface area contributed by atoms with Crippen LogP contribution in [0.2, 0.25) is 10.0 Å². The van der Waals surface area contributed by atoms with Crippen molar-refractivity contribution < 1.29 is 8.42 Å². The van der Waals surface area contributed by atoms with Gasteiger partial charge in [0.15, 0.2) is 0 Å². The zero-order valence-electron chi connectivity index (χ0n) is 7.72. The Balaban J connectivity index is 3.21. The molecule has 0 saturated carbocycles. The number of rotatable bonds is 3. The first-order valence-electron chi connectivity index (χ1n) is 3.88. The first-order valence-corrected chi connectivity index (χ1v) is 7.41. The summed E-state index contributed by atoms with van der Waals surface area (Å²) in [5, 5.41) is 0.585. The van der Waals surface area contributed by atoms with E-state index in [0.29, 0.717) is 5.02 Å². The molecular weight excluding hydrogens is 325 g/mol. The van der Waals surface area contributed by atoms with Crippen LogP contribution in [-0.4, -0.2) is 13.1 Å². The highest BCUT2D eigenvalue weighted by Crippen LogP contribution is 2.33. The fourth-order valence-electron chi connectivity index (χ4n) is 0.933. The van der Waals surface area contributed by atoms with Crippen molar-refractivity contribution in [2.24, 2.45) is 0 Å². The van der Waals surface area contributed by atoms with Gasteiger partial charge >= 0.3 is 0 Å². The second kappa shape index (κ2) is 4.91. The van der Waals surface area contributed by atoms with Gasteiger partial charge in [-0.3, -0.25) is 4.72 Å². The lowest BCUT2D eigenvalue weighted by Crippen LogP contribution is -2.14. The summed E-state index contributed by atoms with van der Waals surface area (Å²) in [6, 6.07) is 3.31. The Bertz CT molecular complexity index is 476. The van der Waals surface area contributed by atoms with E-state index in [2.05, 4.69) is 20.7 Å². The van der Waals surface area contributed by atoms with Gasteiger partial charge in [-0.05, 0) is 18.6 Å². The van der Waals surface area contributed by atoms with Gasteiger partial charge in [0.05, 0.1) is 15.7 Å². The Hall–Kier alpha value is 0.0300. The summed E-state index contributed by atoms with van der Waals surface area (Å²) in [5.41, 5.74) is 0.978. The third-order valence-electron chi connectivity index (χ3n) is 1.69. The van der Waals surface area contributed by atoms with Crippen molar-refractivity contribution in [3.05, 3.63) is 27.7 Å². The van der Waals surface area contributed by atoms with Gasteiger partial charge in [-0.15, -0.1) is 0 Å². The number of anilines is 1. The highest BCUT2D eigenvalue weighted by molar-refractivity contribution is 9.10. The second-order valence-corrected chi connectivity index (χ2v) is 6.69. The summed E-state index contributed by atoms with van der Waals surface area (Å²) in [4.78, 5) is 0. The smallest absolute Gasteiger partial charge is 0.242 e. The number of hydrogen-bond donors (Lipinski definition) is 1. The lowest BCUT2D eigenvalue weighted by atomic mass is 10.2. The highest BCUT2D eigenvalue weighted by atomic mass is 79.9. The van der Waals surface area contributed by atoms with Gasteiger partial charge in [-0.2, -0.15) is 0 Å². The maximum absolute atomic E-state index is 11.3. The molecule has 0 aliphatic carbocycles. The van der Waals surface area contributed by atoms with E-state index in [-0.39, 0.29) is 15.4 Å². The Morgan fingerprint density at radius 1 is 1.40 bits per heavy atom. The molecule has 0 spiro atoms. The SMILES string of the molecule is Cc1ccc(Cl)c(NS(=O)(=O)CBr)c1Cl. The zero-order chi connectivity index (χ0) is 11.6. The highest BCUT2D eigenvalue weighted by Gasteiger charge is 2.14. The average molecular weight is 333 g/mol. The lowest BCUT2D eigenvalue weighted by Gasteiger charge is -2.11.